The number of thioether (sulfide) groups is 1. The molecule has 3 heterocycles. The van der Waals surface area contributed by atoms with Gasteiger partial charge in [-0.25, -0.2) is 0 Å². The van der Waals surface area contributed by atoms with Gasteiger partial charge in [0.05, 0.1) is 17.1 Å². The Kier molecular flexibility index (Phi) is 8.64. The number of hydrogen-bond donors (Lipinski definition) is 2. The third-order valence-corrected chi connectivity index (χ3v) is 11.9. The molecule has 254 valence electrons. The van der Waals surface area contributed by atoms with Crippen LogP contribution in [0.2, 0.25) is 0 Å². The Morgan fingerprint density at radius 3 is 2.10 bits per heavy atom. The van der Waals surface area contributed by atoms with E-state index in [0.717, 1.165) is 0 Å². The predicted octanol–water partition coefficient (Wildman–Crippen LogP) is 12.5. The number of hydrogen-bond acceptors (Lipinski definition) is 3. The molecule has 4 heteroatoms. The number of anilines is 1. The van der Waals surface area contributed by atoms with Crippen molar-refractivity contribution in [2.24, 2.45) is 0 Å². The Morgan fingerprint density at radius 1 is 0.635 bits per heavy atom. The van der Waals surface area contributed by atoms with Crippen molar-refractivity contribution in [3.8, 4) is 16.8 Å². The van der Waals surface area contributed by atoms with Crippen molar-refractivity contribution in [1.82, 2.24) is 9.88 Å². The Morgan fingerprint density at radius 2 is 1.31 bits per heavy atom. The molecule has 52 heavy (non-hydrogen) atoms. The van der Waals surface area contributed by atoms with Gasteiger partial charge < -0.3 is 9.88 Å². The SMILES string of the molecule is C/C=C\C.C1=CC2Sc3ccc4c(c3C2C=C1)c1cc(C2Nc3ccccc3C(c3ccc(-c5ccccc5)cc3)N2)ccc1n4-c1ccccc1. The molecule has 10 rings (SSSR count). The highest BCUT2D eigenvalue weighted by Gasteiger charge is 2.35. The van der Waals surface area contributed by atoms with Crippen molar-refractivity contribution in [2.45, 2.75) is 42.1 Å². The van der Waals surface area contributed by atoms with Gasteiger partial charge in [-0.05, 0) is 89.7 Å². The number of fused-ring (bicyclic) bond motifs is 8. The Balaban J connectivity index is 0.000000859. The van der Waals surface area contributed by atoms with E-state index in [1.165, 1.54) is 71.5 Å². The van der Waals surface area contributed by atoms with Crippen LogP contribution in [-0.4, -0.2) is 9.82 Å². The van der Waals surface area contributed by atoms with E-state index in [4.69, 9.17) is 0 Å². The average Bonchev–Trinajstić information content (AvgIpc) is 3.76. The highest BCUT2D eigenvalue weighted by Crippen LogP contribution is 2.53. The Labute approximate surface area is 310 Å². The molecule has 6 aromatic carbocycles. The topological polar surface area (TPSA) is 29.0 Å². The van der Waals surface area contributed by atoms with Crippen LogP contribution in [0.25, 0.3) is 38.6 Å². The highest BCUT2D eigenvalue weighted by molar-refractivity contribution is 8.00. The zero-order valence-corrected chi connectivity index (χ0v) is 30.2. The zero-order chi connectivity index (χ0) is 35.0. The lowest BCUT2D eigenvalue weighted by Crippen LogP contribution is -2.37. The number of allylic oxidation sites excluding steroid dienone is 5. The Hall–Kier alpha value is -5.55. The van der Waals surface area contributed by atoms with Crippen LogP contribution in [0.15, 0.2) is 181 Å². The van der Waals surface area contributed by atoms with E-state index in [9.17, 15) is 0 Å². The monoisotopic (exact) mass is 691 g/mol. The lowest BCUT2D eigenvalue weighted by molar-refractivity contribution is 0.506. The quantitative estimate of drug-likeness (QED) is 0.180. The van der Waals surface area contributed by atoms with Gasteiger partial charge in [-0.2, -0.15) is 0 Å². The molecule has 0 bridgehead atoms. The van der Waals surface area contributed by atoms with Gasteiger partial charge in [0.25, 0.3) is 0 Å². The van der Waals surface area contributed by atoms with Crippen LogP contribution in [0.1, 0.15) is 54.2 Å². The van der Waals surface area contributed by atoms with Gasteiger partial charge in [0.15, 0.2) is 0 Å². The number of aromatic nitrogens is 1. The zero-order valence-electron chi connectivity index (χ0n) is 29.4. The smallest absolute Gasteiger partial charge is 0.104 e. The minimum Gasteiger partial charge on any atom is -0.366 e. The maximum absolute atomic E-state index is 4.01. The summed E-state index contributed by atoms with van der Waals surface area (Å²) in [7, 11) is 0. The van der Waals surface area contributed by atoms with Gasteiger partial charge >= 0.3 is 0 Å². The summed E-state index contributed by atoms with van der Waals surface area (Å²) in [5.74, 6) is 0.373. The molecular formula is C48H41N3S. The van der Waals surface area contributed by atoms with E-state index in [-0.39, 0.29) is 12.2 Å². The molecule has 0 amide bonds. The summed E-state index contributed by atoms with van der Waals surface area (Å²) >= 11 is 2.00. The van der Waals surface area contributed by atoms with Crippen molar-refractivity contribution in [1.29, 1.82) is 0 Å². The molecule has 1 aliphatic carbocycles. The summed E-state index contributed by atoms with van der Waals surface area (Å²) < 4.78 is 2.45. The van der Waals surface area contributed by atoms with Crippen LogP contribution in [0.3, 0.4) is 0 Å². The fourth-order valence-corrected chi connectivity index (χ4v) is 9.35. The number of rotatable bonds is 4. The standard InChI is InChI=1S/C44H33N3S.C4H8/c1-3-11-28(12-4-1)29-19-21-30(22-20-29)43-33-15-7-9-17-36(33)45-44(46-43)31-23-24-37-35(27-31)41-38(47(37)32-13-5-2-6-14-32)25-26-40-42(41)34-16-8-10-18-39(34)48-40;1-3-4-2/h1-27,34,39,43-46H;3-4H,1-2H3/b;4-3-. The van der Waals surface area contributed by atoms with E-state index in [0.29, 0.717) is 11.2 Å². The normalized spacial score (nSPS) is 19.9. The molecule has 3 nitrogen and oxygen atoms in total. The fourth-order valence-electron chi connectivity index (χ4n) is 8.00. The van der Waals surface area contributed by atoms with E-state index >= 15 is 0 Å². The summed E-state index contributed by atoms with van der Waals surface area (Å²) in [4.78, 5) is 1.40. The first kappa shape index (κ1) is 32.4. The summed E-state index contributed by atoms with van der Waals surface area (Å²) in [6, 6.07) is 51.0. The predicted molar refractivity (Wildman–Crippen MR) is 222 cm³/mol. The van der Waals surface area contributed by atoms with Crippen molar-refractivity contribution in [2.75, 3.05) is 5.32 Å². The molecule has 2 aliphatic heterocycles. The molecule has 0 radical (unpaired) electrons. The summed E-state index contributed by atoms with van der Waals surface area (Å²) in [5, 5.41) is 11.0. The summed E-state index contributed by atoms with van der Waals surface area (Å²) in [6.07, 6.45) is 13.1. The largest absolute Gasteiger partial charge is 0.366 e. The second kappa shape index (κ2) is 13.9. The molecule has 0 saturated heterocycles. The van der Waals surface area contributed by atoms with Crippen molar-refractivity contribution in [3.05, 3.63) is 198 Å². The minimum atomic E-state index is -0.0605. The van der Waals surface area contributed by atoms with Gasteiger partial charge in [-0.1, -0.05) is 134 Å². The van der Waals surface area contributed by atoms with E-state index < -0.39 is 0 Å². The number of nitrogens with one attached hydrogen (secondary N) is 2. The summed E-state index contributed by atoms with van der Waals surface area (Å²) in [6.45, 7) is 4.00. The molecule has 0 fully saturated rings. The molecule has 7 aromatic rings. The van der Waals surface area contributed by atoms with Crippen LogP contribution in [0.5, 0.6) is 0 Å². The average molecular weight is 692 g/mol. The molecule has 1 aromatic heterocycles. The molecular weight excluding hydrogens is 651 g/mol. The number of para-hydroxylation sites is 2. The van der Waals surface area contributed by atoms with Gasteiger partial charge in [-0.15, -0.1) is 11.8 Å². The minimum absolute atomic E-state index is 0.0548. The van der Waals surface area contributed by atoms with Crippen molar-refractivity contribution < 1.29 is 0 Å². The van der Waals surface area contributed by atoms with Gasteiger partial charge in [0.2, 0.25) is 0 Å². The second-order valence-electron chi connectivity index (χ2n) is 13.6. The van der Waals surface area contributed by atoms with Gasteiger partial charge in [-0.3, -0.25) is 5.32 Å². The Bertz CT molecular complexity index is 2470. The van der Waals surface area contributed by atoms with Gasteiger partial charge in [0.1, 0.15) is 6.17 Å². The third kappa shape index (κ3) is 5.69. The lowest BCUT2D eigenvalue weighted by atomic mass is 9.89. The molecule has 3 aliphatic rings. The maximum atomic E-state index is 4.01. The highest BCUT2D eigenvalue weighted by atomic mass is 32.2. The van der Waals surface area contributed by atoms with Crippen LogP contribution < -0.4 is 10.6 Å². The molecule has 4 atom stereocenters. The van der Waals surface area contributed by atoms with E-state index in [1.54, 1.807) is 0 Å². The molecule has 4 unspecified atom stereocenters. The van der Waals surface area contributed by atoms with Gasteiger partial charge in [0, 0.05) is 38.2 Å². The molecule has 0 spiro atoms. The third-order valence-electron chi connectivity index (χ3n) is 10.6. The van der Waals surface area contributed by atoms with Crippen molar-refractivity contribution >= 4 is 39.3 Å². The van der Waals surface area contributed by atoms with E-state index in [1.807, 2.05) is 37.8 Å². The van der Waals surface area contributed by atoms with Crippen LogP contribution in [0, 0.1) is 0 Å². The van der Waals surface area contributed by atoms with Crippen molar-refractivity contribution in [3.63, 3.8) is 0 Å². The summed E-state index contributed by atoms with van der Waals surface area (Å²) in [5.41, 5.74) is 12.5. The van der Waals surface area contributed by atoms with Crippen LogP contribution in [0.4, 0.5) is 5.69 Å². The fraction of sp³-hybridized carbons (Fsp3) is 0.125. The van der Waals surface area contributed by atoms with E-state index in [2.05, 4.69) is 179 Å². The van der Waals surface area contributed by atoms with Crippen LogP contribution in [-0.2, 0) is 0 Å². The molecule has 0 saturated carbocycles. The molecule has 2 N–H and O–H groups in total. The maximum Gasteiger partial charge on any atom is 0.104 e. The first-order chi connectivity index (χ1) is 25.7. The first-order valence-corrected chi connectivity index (χ1v) is 19.1. The number of nitrogens with zero attached hydrogens (tertiary/aromatic N) is 1. The first-order valence-electron chi connectivity index (χ1n) is 18.2. The lowest BCUT2D eigenvalue weighted by Gasteiger charge is -2.35. The second-order valence-corrected chi connectivity index (χ2v) is 14.8. The number of benzene rings is 6. The van der Waals surface area contributed by atoms with Crippen LogP contribution >= 0.6 is 11.8 Å².